The van der Waals surface area contributed by atoms with Crippen LogP contribution in [0.25, 0.3) is 0 Å². The molecule has 0 atom stereocenters. The molecule has 2 aromatic rings. The van der Waals surface area contributed by atoms with Crippen molar-refractivity contribution >= 4 is 16.5 Å². The maximum absolute atomic E-state index is 5.78. The van der Waals surface area contributed by atoms with E-state index in [4.69, 9.17) is 5.73 Å². The average Bonchev–Trinajstić information content (AvgIpc) is 2.68. The molecule has 0 spiro atoms. The zero-order valence-electron chi connectivity index (χ0n) is 10.1. The largest absolute Gasteiger partial charge is 0.388 e. The number of rotatable bonds is 4. The van der Waals surface area contributed by atoms with Crippen LogP contribution in [0.5, 0.6) is 0 Å². The predicted octanol–water partition coefficient (Wildman–Crippen LogP) is 2.06. The maximum atomic E-state index is 5.78. The molecule has 2 rings (SSSR count). The van der Waals surface area contributed by atoms with Gasteiger partial charge in [0.25, 0.3) is 0 Å². The molecule has 0 aliphatic rings. The molecule has 0 bridgehead atoms. The number of hydrogen-bond acceptors (Lipinski definition) is 5. The SMILES string of the molecule is Cc1ccccc1CN(C)Cc1nnsc1N. The van der Waals surface area contributed by atoms with E-state index in [1.165, 1.54) is 22.7 Å². The van der Waals surface area contributed by atoms with Crippen molar-refractivity contribution in [2.45, 2.75) is 20.0 Å². The topological polar surface area (TPSA) is 55.0 Å². The lowest BCUT2D eigenvalue weighted by Crippen LogP contribution is -2.18. The summed E-state index contributed by atoms with van der Waals surface area (Å²) < 4.78 is 3.84. The summed E-state index contributed by atoms with van der Waals surface area (Å²) in [5, 5.41) is 4.73. The zero-order valence-corrected chi connectivity index (χ0v) is 10.9. The van der Waals surface area contributed by atoms with Gasteiger partial charge in [-0.25, -0.2) is 0 Å². The van der Waals surface area contributed by atoms with E-state index in [9.17, 15) is 0 Å². The van der Waals surface area contributed by atoms with Gasteiger partial charge in [-0.15, -0.1) is 5.10 Å². The summed E-state index contributed by atoms with van der Waals surface area (Å²) in [6.07, 6.45) is 0. The molecule has 90 valence electrons. The molecule has 0 saturated heterocycles. The van der Waals surface area contributed by atoms with E-state index in [2.05, 4.69) is 52.7 Å². The summed E-state index contributed by atoms with van der Waals surface area (Å²) in [6.45, 7) is 3.75. The second kappa shape index (κ2) is 5.25. The Hall–Kier alpha value is -1.46. The molecular formula is C12H16N4S. The first-order valence-electron chi connectivity index (χ1n) is 5.46. The van der Waals surface area contributed by atoms with E-state index in [1.54, 1.807) is 0 Å². The first kappa shape index (κ1) is 12.0. The fourth-order valence-corrected chi connectivity index (χ4v) is 2.15. The summed E-state index contributed by atoms with van der Waals surface area (Å²) in [4.78, 5) is 2.19. The molecule has 0 radical (unpaired) electrons. The molecule has 1 heterocycles. The monoisotopic (exact) mass is 248 g/mol. The van der Waals surface area contributed by atoms with Crippen molar-refractivity contribution in [3.05, 3.63) is 41.1 Å². The normalized spacial score (nSPS) is 11.0. The van der Waals surface area contributed by atoms with Gasteiger partial charge in [-0.1, -0.05) is 28.8 Å². The molecule has 1 aromatic heterocycles. The Kier molecular flexibility index (Phi) is 3.71. The van der Waals surface area contributed by atoms with Gasteiger partial charge in [-0.2, -0.15) is 0 Å². The van der Waals surface area contributed by atoms with Gasteiger partial charge in [0.2, 0.25) is 0 Å². The van der Waals surface area contributed by atoms with Crippen LogP contribution in [0, 0.1) is 6.92 Å². The van der Waals surface area contributed by atoms with E-state index in [0.717, 1.165) is 18.8 Å². The van der Waals surface area contributed by atoms with Crippen LogP contribution in [0.4, 0.5) is 5.00 Å². The molecule has 2 N–H and O–H groups in total. The lowest BCUT2D eigenvalue weighted by atomic mass is 10.1. The van der Waals surface area contributed by atoms with Crippen molar-refractivity contribution in [1.82, 2.24) is 14.5 Å². The number of benzene rings is 1. The third-order valence-corrected chi connectivity index (χ3v) is 3.30. The van der Waals surface area contributed by atoms with Crippen molar-refractivity contribution < 1.29 is 0 Å². The summed E-state index contributed by atoms with van der Waals surface area (Å²) >= 11 is 1.25. The third kappa shape index (κ3) is 3.01. The molecule has 0 unspecified atom stereocenters. The number of nitrogen functional groups attached to an aromatic ring is 1. The second-order valence-corrected chi connectivity index (χ2v) is 4.97. The van der Waals surface area contributed by atoms with Crippen LogP contribution in [0.2, 0.25) is 0 Å². The fourth-order valence-electron chi connectivity index (χ4n) is 1.72. The molecule has 4 nitrogen and oxygen atoms in total. The van der Waals surface area contributed by atoms with E-state index in [1.807, 2.05) is 0 Å². The standard InChI is InChI=1S/C12H16N4S/c1-9-5-3-4-6-10(9)7-16(2)8-11-12(13)17-15-14-11/h3-6H,7-8,13H2,1-2H3. The van der Waals surface area contributed by atoms with Crippen molar-refractivity contribution in [1.29, 1.82) is 0 Å². The summed E-state index contributed by atoms with van der Waals surface area (Å²) in [6, 6.07) is 8.40. The minimum Gasteiger partial charge on any atom is -0.388 e. The van der Waals surface area contributed by atoms with E-state index >= 15 is 0 Å². The molecule has 1 aromatic carbocycles. The van der Waals surface area contributed by atoms with Gasteiger partial charge >= 0.3 is 0 Å². The quantitative estimate of drug-likeness (QED) is 0.900. The summed E-state index contributed by atoms with van der Waals surface area (Å²) in [5.41, 5.74) is 9.29. The lowest BCUT2D eigenvalue weighted by Gasteiger charge is -2.16. The highest BCUT2D eigenvalue weighted by Gasteiger charge is 2.08. The lowest BCUT2D eigenvalue weighted by molar-refractivity contribution is 0.315. The van der Waals surface area contributed by atoms with Crippen molar-refractivity contribution in [2.75, 3.05) is 12.8 Å². The number of nitrogens with zero attached hydrogens (tertiary/aromatic N) is 3. The Morgan fingerprint density at radius 1 is 1.29 bits per heavy atom. The van der Waals surface area contributed by atoms with Gasteiger partial charge in [0.1, 0.15) is 10.7 Å². The third-order valence-electron chi connectivity index (χ3n) is 2.71. The molecule has 0 saturated carbocycles. The molecule has 0 aliphatic carbocycles. The van der Waals surface area contributed by atoms with Gasteiger partial charge in [0.15, 0.2) is 0 Å². The highest BCUT2D eigenvalue weighted by Crippen LogP contribution is 2.16. The Balaban J connectivity index is 2.01. The van der Waals surface area contributed by atoms with Gasteiger partial charge in [0.05, 0.1) is 0 Å². The number of nitrogens with two attached hydrogens (primary N) is 1. The molecule has 5 heteroatoms. The van der Waals surface area contributed by atoms with Crippen molar-refractivity contribution in [3.63, 3.8) is 0 Å². The van der Waals surface area contributed by atoms with Crippen LogP contribution in [-0.2, 0) is 13.1 Å². The van der Waals surface area contributed by atoms with Crippen LogP contribution in [0.15, 0.2) is 24.3 Å². The zero-order chi connectivity index (χ0) is 12.3. The molecular weight excluding hydrogens is 232 g/mol. The number of anilines is 1. The summed E-state index contributed by atoms with van der Waals surface area (Å²) in [5.74, 6) is 0. The van der Waals surface area contributed by atoms with Gasteiger partial charge in [-0.05, 0) is 25.1 Å². The highest BCUT2D eigenvalue weighted by molar-refractivity contribution is 7.09. The van der Waals surface area contributed by atoms with Crippen molar-refractivity contribution in [3.8, 4) is 0 Å². The van der Waals surface area contributed by atoms with Crippen LogP contribution >= 0.6 is 11.5 Å². The Morgan fingerprint density at radius 2 is 2.06 bits per heavy atom. The van der Waals surface area contributed by atoms with Crippen molar-refractivity contribution in [2.24, 2.45) is 0 Å². The Bertz CT molecular complexity index is 495. The Morgan fingerprint density at radius 3 is 2.71 bits per heavy atom. The summed E-state index contributed by atoms with van der Waals surface area (Å²) in [7, 11) is 2.06. The first-order valence-corrected chi connectivity index (χ1v) is 6.24. The minimum atomic E-state index is 0.710. The smallest absolute Gasteiger partial charge is 0.132 e. The minimum absolute atomic E-state index is 0.710. The number of aryl methyl sites for hydroxylation is 1. The predicted molar refractivity (Wildman–Crippen MR) is 70.7 cm³/mol. The fraction of sp³-hybridized carbons (Fsp3) is 0.333. The van der Waals surface area contributed by atoms with Crippen LogP contribution in [0.1, 0.15) is 16.8 Å². The van der Waals surface area contributed by atoms with Gasteiger partial charge in [-0.3, -0.25) is 4.90 Å². The molecule has 17 heavy (non-hydrogen) atoms. The van der Waals surface area contributed by atoms with Crippen LogP contribution < -0.4 is 5.73 Å². The second-order valence-electron chi connectivity index (χ2n) is 4.18. The number of aromatic nitrogens is 2. The Labute approximate surface area is 105 Å². The van der Waals surface area contributed by atoms with Crippen LogP contribution in [0.3, 0.4) is 0 Å². The van der Waals surface area contributed by atoms with E-state index < -0.39 is 0 Å². The van der Waals surface area contributed by atoms with Gasteiger partial charge < -0.3 is 5.73 Å². The van der Waals surface area contributed by atoms with E-state index in [-0.39, 0.29) is 0 Å². The first-order chi connectivity index (χ1) is 8.16. The van der Waals surface area contributed by atoms with Gasteiger partial charge in [0, 0.05) is 24.6 Å². The maximum Gasteiger partial charge on any atom is 0.132 e. The molecule has 0 fully saturated rings. The number of hydrogen-bond donors (Lipinski definition) is 1. The molecule has 0 amide bonds. The highest BCUT2D eigenvalue weighted by atomic mass is 32.1. The van der Waals surface area contributed by atoms with Crippen LogP contribution in [-0.4, -0.2) is 21.5 Å². The molecule has 0 aliphatic heterocycles. The average molecular weight is 248 g/mol. The van der Waals surface area contributed by atoms with E-state index in [0.29, 0.717) is 5.00 Å².